The Bertz CT molecular complexity index is 1410. The second-order valence-corrected chi connectivity index (χ2v) is 9.87. The van der Waals surface area contributed by atoms with Crippen LogP contribution in [0.5, 0.6) is 0 Å². The molecule has 0 spiro atoms. The third kappa shape index (κ3) is 6.23. The molecular formula is C28H33F3N4O2S. The Hall–Kier alpha value is -3.27. The van der Waals surface area contributed by atoms with Crippen LogP contribution in [0, 0.1) is 11.6 Å². The van der Waals surface area contributed by atoms with E-state index in [0.29, 0.717) is 46.6 Å². The van der Waals surface area contributed by atoms with Crippen molar-refractivity contribution in [2.24, 2.45) is 0 Å². The van der Waals surface area contributed by atoms with E-state index >= 15 is 4.39 Å². The van der Waals surface area contributed by atoms with E-state index in [1.807, 2.05) is 19.9 Å². The molecule has 0 saturated heterocycles. The topological polar surface area (TPSA) is 76.0 Å². The number of amides is 1. The SMILES string of the molecule is C=C(F)C(=O)NC[C@H](C)Nc1nc(=O)n2c3c(c(-c4ccc(F)cc4F)c(CCCC)cc13)SCC2.CC. The summed E-state index contributed by atoms with van der Waals surface area (Å²) in [7, 11) is 0. The molecule has 4 rings (SSSR count). The molecule has 0 aliphatic carbocycles. The number of anilines is 1. The van der Waals surface area contributed by atoms with Gasteiger partial charge in [-0.25, -0.2) is 18.0 Å². The first kappa shape index (κ1) is 29.3. The molecule has 6 nitrogen and oxygen atoms in total. The van der Waals surface area contributed by atoms with Gasteiger partial charge in [0.1, 0.15) is 17.5 Å². The van der Waals surface area contributed by atoms with Crippen molar-refractivity contribution in [1.29, 1.82) is 0 Å². The Morgan fingerprint density at radius 2 is 2.00 bits per heavy atom. The van der Waals surface area contributed by atoms with Crippen LogP contribution in [0.1, 0.15) is 46.1 Å². The van der Waals surface area contributed by atoms with E-state index in [1.165, 1.54) is 23.9 Å². The number of nitrogens with zero attached hydrogens (tertiary/aromatic N) is 2. The van der Waals surface area contributed by atoms with Gasteiger partial charge in [0.2, 0.25) is 0 Å². The number of aromatic nitrogens is 2. The molecule has 1 amide bonds. The van der Waals surface area contributed by atoms with Crippen LogP contribution in [0.2, 0.25) is 0 Å². The second-order valence-electron chi connectivity index (χ2n) is 8.77. The van der Waals surface area contributed by atoms with Crippen LogP contribution in [-0.2, 0) is 17.8 Å². The van der Waals surface area contributed by atoms with E-state index in [0.717, 1.165) is 29.4 Å². The number of halogens is 3. The van der Waals surface area contributed by atoms with Crippen LogP contribution in [0.25, 0.3) is 22.0 Å². The highest BCUT2D eigenvalue weighted by Gasteiger charge is 2.26. The van der Waals surface area contributed by atoms with Gasteiger partial charge in [0.05, 0.1) is 5.52 Å². The molecule has 2 N–H and O–H groups in total. The van der Waals surface area contributed by atoms with Crippen molar-refractivity contribution in [1.82, 2.24) is 14.9 Å². The Morgan fingerprint density at radius 1 is 1.26 bits per heavy atom. The van der Waals surface area contributed by atoms with Gasteiger partial charge in [0, 0.05) is 52.4 Å². The number of thioether (sulfide) groups is 1. The van der Waals surface area contributed by atoms with E-state index in [9.17, 15) is 18.4 Å². The lowest BCUT2D eigenvalue weighted by Crippen LogP contribution is -2.36. The molecule has 1 aliphatic heterocycles. The van der Waals surface area contributed by atoms with Crippen molar-refractivity contribution < 1.29 is 18.0 Å². The number of rotatable bonds is 9. The highest BCUT2D eigenvalue weighted by molar-refractivity contribution is 7.99. The van der Waals surface area contributed by atoms with Gasteiger partial charge >= 0.3 is 5.69 Å². The monoisotopic (exact) mass is 546 g/mol. The van der Waals surface area contributed by atoms with Crippen LogP contribution in [0.15, 0.2) is 46.4 Å². The van der Waals surface area contributed by atoms with E-state index in [1.54, 1.807) is 11.5 Å². The molecule has 0 radical (unpaired) electrons. The molecule has 1 atom stereocenters. The number of hydrogen-bond donors (Lipinski definition) is 2. The molecule has 0 bridgehead atoms. The summed E-state index contributed by atoms with van der Waals surface area (Å²) in [5.74, 6) is -2.36. The average molecular weight is 547 g/mol. The highest BCUT2D eigenvalue weighted by Crippen LogP contribution is 2.44. The predicted molar refractivity (Wildman–Crippen MR) is 148 cm³/mol. The zero-order chi connectivity index (χ0) is 28.0. The van der Waals surface area contributed by atoms with Gasteiger partial charge < -0.3 is 10.6 Å². The Balaban J connectivity index is 0.00000195. The highest BCUT2D eigenvalue weighted by atomic mass is 32.2. The van der Waals surface area contributed by atoms with E-state index in [2.05, 4.69) is 29.1 Å². The number of nitrogens with one attached hydrogen (secondary N) is 2. The summed E-state index contributed by atoms with van der Waals surface area (Å²) in [6, 6.07) is 5.09. The van der Waals surface area contributed by atoms with Crippen molar-refractivity contribution in [3.05, 3.63) is 64.4 Å². The molecule has 10 heteroatoms. The number of hydrogen-bond acceptors (Lipinski definition) is 5. The molecular weight excluding hydrogens is 513 g/mol. The third-order valence-electron chi connectivity index (χ3n) is 6.06. The minimum Gasteiger partial charge on any atom is -0.365 e. The predicted octanol–water partition coefficient (Wildman–Crippen LogP) is 6.22. The zero-order valence-electron chi connectivity index (χ0n) is 22.1. The van der Waals surface area contributed by atoms with Gasteiger partial charge in [-0.15, -0.1) is 11.8 Å². The zero-order valence-corrected chi connectivity index (χ0v) is 22.9. The van der Waals surface area contributed by atoms with Crippen LogP contribution in [0.3, 0.4) is 0 Å². The maximum Gasteiger partial charge on any atom is 0.350 e. The molecule has 3 aromatic rings. The minimum absolute atomic E-state index is 0.0806. The molecule has 1 aromatic heterocycles. The van der Waals surface area contributed by atoms with Gasteiger partial charge in [-0.3, -0.25) is 9.36 Å². The van der Waals surface area contributed by atoms with Crippen LogP contribution in [-0.4, -0.2) is 33.8 Å². The normalized spacial score (nSPS) is 12.9. The summed E-state index contributed by atoms with van der Waals surface area (Å²) in [6.45, 7) is 11.3. The van der Waals surface area contributed by atoms with Gasteiger partial charge in [-0.05, 0) is 43.5 Å². The number of carbonyl (C=O) groups excluding carboxylic acids is 1. The summed E-state index contributed by atoms with van der Waals surface area (Å²) in [5.41, 5.74) is 2.03. The first-order valence-electron chi connectivity index (χ1n) is 12.8. The maximum atomic E-state index is 15.0. The van der Waals surface area contributed by atoms with Crippen molar-refractivity contribution in [3.63, 3.8) is 0 Å². The van der Waals surface area contributed by atoms with Crippen LogP contribution < -0.4 is 16.3 Å². The second kappa shape index (κ2) is 13.0. The molecule has 0 unspecified atom stereocenters. The summed E-state index contributed by atoms with van der Waals surface area (Å²) in [5, 5.41) is 6.28. The number of benzene rings is 2. The molecule has 0 saturated carbocycles. The van der Waals surface area contributed by atoms with Gasteiger partial charge in [0.25, 0.3) is 5.91 Å². The fourth-order valence-corrected chi connectivity index (χ4v) is 5.56. The lowest BCUT2D eigenvalue weighted by atomic mass is 9.93. The number of unbranched alkanes of at least 4 members (excludes halogenated alkanes) is 1. The quantitative estimate of drug-likeness (QED) is 0.312. The molecule has 2 heterocycles. The van der Waals surface area contributed by atoms with Crippen molar-refractivity contribution in [3.8, 4) is 11.1 Å². The largest absolute Gasteiger partial charge is 0.365 e. The average Bonchev–Trinajstić information content (AvgIpc) is 2.90. The van der Waals surface area contributed by atoms with Crippen molar-refractivity contribution in [2.75, 3.05) is 17.6 Å². The standard InChI is InChI=1S/C26H27F3N4O2S.C2H6/c1-4-5-6-16-11-19-22-23(21(16)18-8-7-17(28)12-20(18)29)36-10-9-33(22)26(35)32-24(19)31-14(2)13-30-25(34)15(3)27;1-2/h7-8,11-12,14H,3-6,9-10,13H2,1-2H3,(H,30,34)(H,31,32,35);1-2H3/t14-;/m0./s1. The summed E-state index contributed by atoms with van der Waals surface area (Å²) >= 11 is 1.53. The lowest BCUT2D eigenvalue weighted by Gasteiger charge is -2.26. The molecule has 1 aliphatic rings. The van der Waals surface area contributed by atoms with Crippen LogP contribution in [0.4, 0.5) is 19.0 Å². The van der Waals surface area contributed by atoms with E-state index < -0.39 is 29.1 Å². The third-order valence-corrected chi connectivity index (χ3v) is 7.13. The van der Waals surface area contributed by atoms with Crippen molar-refractivity contribution >= 4 is 34.4 Å². The van der Waals surface area contributed by atoms with Gasteiger partial charge in [-0.1, -0.05) is 33.8 Å². The summed E-state index contributed by atoms with van der Waals surface area (Å²) in [6.07, 6.45) is 2.44. The first-order valence-corrected chi connectivity index (χ1v) is 13.8. The van der Waals surface area contributed by atoms with E-state index in [-0.39, 0.29) is 12.6 Å². The molecule has 204 valence electrons. The Kier molecular flexibility index (Phi) is 10.0. The minimum atomic E-state index is -1.08. The van der Waals surface area contributed by atoms with Crippen LogP contribution >= 0.6 is 11.8 Å². The summed E-state index contributed by atoms with van der Waals surface area (Å²) in [4.78, 5) is 29.5. The lowest BCUT2D eigenvalue weighted by molar-refractivity contribution is -0.118. The fraction of sp³-hybridized carbons (Fsp3) is 0.393. The summed E-state index contributed by atoms with van der Waals surface area (Å²) < 4.78 is 43.3. The van der Waals surface area contributed by atoms with Crippen molar-refractivity contribution in [2.45, 2.75) is 64.4 Å². The van der Waals surface area contributed by atoms with E-state index in [4.69, 9.17) is 0 Å². The maximum absolute atomic E-state index is 15.0. The number of carbonyl (C=O) groups is 1. The molecule has 0 fully saturated rings. The smallest absolute Gasteiger partial charge is 0.350 e. The first-order chi connectivity index (χ1) is 18.2. The molecule has 38 heavy (non-hydrogen) atoms. The fourth-order valence-electron chi connectivity index (χ4n) is 4.34. The van der Waals surface area contributed by atoms with Gasteiger partial charge in [0.15, 0.2) is 5.83 Å². The van der Waals surface area contributed by atoms with Gasteiger partial charge in [-0.2, -0.15) is 4.98 Å². The molecule has 2 aromatic carbocycles. The Morgan fingerprint density at radius 3 is 2.66 bits per heavy atom. The number of aryl methyl sites for hydroxylation is 2. The Labute approximate surface area is 224 Å².